The highest BCUT2D eigenvalue weighted by Gasteiger charge is 2.10. The van der Waals surface area contributed by atoms with Crippen molar-refractivity contribution in [1.29, 1.82) is 0 Å². The van der Waals surface area contributed by atoms with Crippen LogP contribution in [-0.2, 0) is 13.1 Å². The third-order valence-corrected chi connectivity index (χ3v) is 3.27. The molecule has 0 saturated carbocycles. The first-order valence-electron chi connectivity index (χ1n) is 6.41. The Morgan fingerprint density at radius 2 is 1.86 bits per heavy atom. The van der Waals surface area contributed by atoms with E-state index in [1.807, 2.05) is 25.1 Å². The highest BCUT2D eigenvalue weighted by molar-refractivity contribution is 6.35. The van der Waals surface area contributed by atoms with E-state index < -0.39 is 0 Å². The summed E-state index contributed by atoms with van der Waals surface area (Å²) in [4.78, 5) is 3.99. The van der Waals surface area contributed by atoms with E-state index in [9.17, 15) is 0 Å². The molecule has 0 fully saturated rings. The molecule has 1 aromatic heterocycles. The fourth-order valence-electron chi connectivity index (χ4n) is 1.89. The van der Waals surface area contributed by atoms with Gasteiger partial charge in [0, 0.05) is 36.1 Å². The Bertz CT molecular complexity index is 564. The van der Waals surface area contributed by atoms with E-state index in [2.05, 4.69) is 10.3 Å². The molecule has 1 heterocycles. The fraction of sp³-hybridized carbons (Fsp3) is 0.267. The lowest BCUT2D eigenvalue weighted by Gasteiger charge is -2.13. The second-order valence-electron chi connectivity index (χ2n) is 4.27. The van der Waals surface area contributed by atoms with Gasteiger partial charge in [-0.3, -0.25) is 4.98 Å². The molecule has 114 valence electrons. The Balaban J connectivity index is 0.00000220. The molecule has 2 aromatic rings. The van der Waals surface area contributed by atoms with Crippen molar-refractivity contribution in [1.82, 2.24) is 10.3 Å². The average molecular weight is 348 g/mol. The van der Waals surface area contributed by atoms with Gasteiger partial charge in [-0.05, 0) is 36.8 Å². The van der Waals surface area contributed by atoms with Crippen molar-refractivity contribution in [2.24, 2.45) is 0 Å². The van der Waals surface area contributed by atoms with Crippen LogP contribution in [0, 0.1) is 0 Å². The van der Waals surface area contributed by atoms with Gasteiger partial charge in [-0.1, -0.05) is 23.2 Å². The molecule has 6 heteroatoms. The van der Waals surface area contributed by atoms with Crippen LogP contribution in [0.5, 0.6) is 5.75 Å². The molecule has 0 aliphatic carbocycles. The Hall–Kier alpha value is -1.00. The highest BCUT2D eigenvalue weighted by Crippen LogP contribution is 2.32. The van der Waals surface area contributed by atoms with Crippen LogP contribution >= 0.6 is 35.6 Å². The van der Waals surface area contributed by atoms with Gasteiger partial charge in [0.1, 0.15) is 5.75 Å². The molecule has 1 N–H and O–H groups in total. The number of benzene rings is 1. The van der Waals surface area contributed by atoms with Crippen LogP contribution < -0.4 is 10.1 Å². The number of rotatable bonds is 6. The van der Waals surface area contributed by atoms with Crippen molar-refractivity contribution in [3.05, 3.63) is 57.8 Å². The quantitative estimate of drug-likeness (QED) is 0.835. The maximum absolute atomic E-state index is 6.16. The summed E-state index contributed by atoms with van der Waals surface area (Å²) < 4.78 is 5.58. The topological polar surface area (TPSA) is 34.1 Å². The number of pyridine rings is 1. The maximum atomic E-state index is 6.16. The van der Waals surface area contributed by atoms with Gasteiger partial charge in [-0.2, -0.15) is 0 Å². The van der Waals surface area contributed by atoms with Gasteiger partial charge in [0.15, 0.2) is 0 Å². The van der Waals surface area contributed by atoms with Crippen molar-refractivity contribution in [3.8, 4) is 5.75 Å². The van der Waals surface area contributed by atoms with E-state index in [1.54, 1.807) is 18.5 Å². The number of nitrogens with zero attached hydrogens (tertiary/aromatic N) is 1. The van der Waals surface area contributed by atoms with E-state index in [-0.39, 0.29) is 12.4 Å². The molecular formula is C15H17Cl3N2O. The summed E-state index contributed by atoms with van der Waals surface area (Å²) >= 11 is 12.2. The first-order valence-corrected chi connectivity index (χ1v) is 7.16. The van der Waals surface area contributed by atoms with Crippen molar-refractivity contribution in [2.75, 3.05) is 6.61 Å². The third kappa shape index (κ3) is 5.36. The summed E-state index contributed by atoms with van der Waals surface area (Å²) in [6, 6.07) is 7.52. The Kier molecular flexibility index (Phi) is 7.83. The second-order valence-corrected chi connectivity index (χ2v) is 5.11. The summed E-state index contributed by atoms with van der Waals surface area (Å²) in [5, 5.41) is 4.50. The molecule has 0 aliphatic rings. The predicted octanol–water partition coefficient (Wildman–Crippen LogP) is 4.50. The SMILES string of the molecule is CCOc1c(Cl)cc(Cl)cc1CNCc1ccncc1.Cl. The standard InChI is InChI=1S/C15H16Cl2N2O.ClH/c1-2-20-15-12(7-13(16)8-14(15)17)10-19-9-11-3-5-18-6-4-11;/h3-8,19H,2,9-10H2,1H3;1H. The predicted molar refractivity (Wildman–Crippen MR) is 89.7 cm³/mol. The van der Waals surface area contributed by atoms with Crippen LogP contribution in [0.15, 0.2) is 36.7 Å². The monoisotopic (exact) mass is 346 g/mol. The van der Waals surface area contributed by atoms with Crippen molar-refractivity contribution >= 4 is 35.6 Å². The lowest BCUT2D eigenvalue weighted by Crippen LogP contribution is -2.14. The number of nitrogens with one attached hydrogen (secondary N) is 1. The summed E-state index contributed by atoms with van der Waals surface area (Å²) in [5.41, 5.74) is 2.13. The van der Waals surface area contributed by atoms with Crippen LogP contribution in [0.1, 0.15) is 18.1 Å². The molecular weight excluding hydrogens is 331 g/mol. The summed E-state index contributed by atoms with van der Waals surface area (Å²) in [7, 11) is 0. The lowest BCUT2D eigenvalue weighted by molar-refractivity contribution is 0.335. The van der Waals surface area contributed by atoms with Crippen LogP contribution in [0.2, 0.25) is 10.0 Å². The molecule has 0 bridgehead atoms. The van der Waals surface area contributed by atoms with E-state index in [4.69, 9.17) is 27.9 Å². The minimum absolute atomic E-state index is 0. The molecule has 0 spiro atoms. The third-order valence-electron chi connectivity index (χ3n) is 2.77. The zero-order valence-corrected chi connectivity index (χ0v) is 13.9. The molecule has 0 radical (unpaired) electrons. The number of hydrogen-bond acceptors (Lipinski definition) is 3. The van der Waals surface area contributed by atoms with Gasteiger partial charge < -0.3 is 10.1 Å². The van der Waals surface area contributed by atoms with Gasteiger partial charge in [-0.15, -0.1) is 12.4 Å². The van der Waals surface area contributed by atoms with Gasteiger partial charge in [0.05, 0.1) is 11.6 Å². The fourth-order valence-corrected chi connectivity index (χ4v) is 2.48. The minimum atomic E-state index is 0. The molecule has 1 aromatic carbocycles. The van der Waals surface area contributed by atoms with Crippen molar-refractivity contribution in [2.45, 2.75) is 20.0 Å². The zero-order chi connectivity index (χ0) is 14.4. The van der Waals surface area contributed by atoms with Crippen LogP contribution in [0.25, 0.3) is 0 Å². The molecule has 0 unspecified atom stereocenters. The summed E-state index contributed by atoms with van der Waals surface area (Å²) in [6.07, 6.45) is 3.55. The Labute approximate surface area is 141 Å². The molecule has 0 saturated heterocycles. The zero-order valence-electron chi connectivity index (χ0n) is 11.6. The minimum Gasteiger partial charge on any atom is -0.492 e. The Morgan fingerprint density at radius 1 is 1.14 bits per heavy atom. The number of ether oxygens (including phenoxy) is 1. The van der Waals surface area contributed by atoms with E-state index in [1.165, 1.54) is 5.56 Å². The molecule has 2 rings (SSSR count). The number of aromatic nitrogens is 1. The lowest BCUT2D eigenvalue weighted by atomic mass is 10.2. The molecule has 0 amide bonds. The maximum Gasteiger partial charge on any atom is 0.142 e. The van der Waals surface area contributed by atoms with Crippen LogP contribution in [-0.4, -0.2) is 11.6 Å². The van der Waals surface area contributed by atoms with Crippen LogP contribution in [0.3, 0.4) is 0 Å². The van der Waals surface area contributed by atoms with E-state index >= 15 is 0 Å². The Morgan fingerprint density at radius 3 is 2.52 bits per heavy atom. The smallest absolute Gasteiger partial charge is 0.142 e. The van der Waals surface area contributed by atoms with Gasteiger partial charge >= 0.3 is 0 Å². The highest BCUT2D eigenvalue weighted by atomic mass is 35.5. The van der Waals surface area contributed by atoms with Gasteiger partial charge in [0.2, 0.25) is 0 Å². The van der Waals surface area contributed by atoms with Crippen molar-refractivity contribution in [3.63, 3.8) is 0 Å². The largest absolute Gasteiger partial charge is 0.492 e. The van der Waals surface area contributed by atoms with E-state index in [0.717, 1.165) is 12.1 Å². The summed E-state index contributed by atoms with van der Waals surface area (Å²) in [5.74, 6) is 0.695. The molecule has 3 nitrogen and oxygen atoms in total. The van der Waals surface area contributed by atoms with Gasteiger partial charge in [0.25, 0.3) is 0 Å². The normalized spacial score (nSPS) is 10.0. The van der Waals surface area contributed by atoms with Gasteiger partial charge in [-0.25, -0.2) is 0 Å². The number of halogens is 3. The molecule has 21 heavy (non-hydrogen) atoms. The number of hydrogen-bond donors (Lipinski definition) is 1. The van der Waals surface area contributed by atoms with E-state index in [0.29, 0.717) is 28.9 Å². The van der Waals surface area contributed by atoms with Crippen molar-refractivity contribution < 1.29 is 4.74 Å². The molecule has 0 atom stereocenters. The summed E-state index contributed by atoms with van der Waals surface area (Å²) in [6.45, 7) is 3.88. The molecule has 0 aliphatic heterocycles. The first-order chi connectivity index (χ1) is 9.70. The first kappa shape index (κ1) is 18.1. The van der Waals surface area contributed by atoms with Crippen LogP contribution in [0.4, 0.5) is 0 Å². The second kappa shape index (κ2) is 9.11. The average Bonchev–Trinajstić information content (AvgIpc) is 2.43.